The third kappa shape index (κ3) is 15.7. The van der Waals surface area contributed by atoms with Gasteiger partial charge in [-0.1, -0.05) is 56.4 Å². The van der Waals surface area contributed by atoms with Gasteiger partial charge in [0.25, 0.3) is 0 Å². The highest BCUT2D eigenvalue weighted by atomic mass is 32.1. The number of amides is 5. The number of epoxide rings is 1. The molecule has 4 saturated heterocycles. The SMILES string of the molecule is CC(=O)OC(C)/C=C\C(=O)NC1CC(C)C(C/C=C(C)/C=C/C2O[C@H](CC(=O)NC3CCCCC3)CC3(CO3)[C@@H]2O)OC1C.NC(=O)CCCCCN1C(=O)CC(S)C1=O. The van der Waals surface area contributed by atoms with Crippen LogP contribution in [0.3, 0.4) is 0 Å². The summed E-state index contributed by atoms with van der Waals surface area (Å²) in [6, 6.07) is 0.140. The Kier molecular flexibility index (Phi) is 19.3. The molecule has 4 aliphatic heterocycles. The molecule has 16 heteroatoms. The molecule has 10 atom stereocenters. The van der Waals surface area contributed by atoms with E-state index in [0.717, 1.165) is 44.1 Å². The summed E-state index contributed by atoms with van der Waals surface area (Å²) in [6.45, 7) is 10.0. The van der Waals surface area contributed by atoms with Crippen LogP contribution in [0.25, 0.3) is 0 Å². The average molecular weight is 861 g/mol. The molecule has 8 unspecified atom stereocenters. The number of allylic oxidation sites excluding steroid dienone is 2. The van der Waals surface area contributed by atoms with Crippen LogP contribution in [-0.4, -0.2) is 118 Å². The number of primary amides is 1. The fourth-order valence-corrected chi connectivity index (χ4v) is 8.57. The number of hydrogen-bond donors (Lipinski definition) is 5. The van der Waals surface area contributed by atoms with E-state index in [-0.39, 0.29) is 78.7 Å². The summed E-state index contributed by atoms with van der Waals surface area (Å²) < 4.78 is 23.2. The van der Waals surface area contributed by atoms with Crippen molar-refractivity contribution in [3.63, 3.8) is 0 Å². The van der Waals surface area contributed by atoms with Crippen molar-refractivity contribution in [1.29, 1.82) is 0 Å². The molecule has 60 heavy (non-hydrogen) atoms. The second-order valence-corrected chi connectivity index (χ2v) is 17.8. The van der Waals surface area contributed by atoms with E-state index < -0.39 is 35.1 Å². The van der Waals surface area contributed by atoms with Crippen molar-refractivity contribution in [3.05, 3.63) is 36.0 Å². The second kappa shape index (κ2) is 23.6. The maximum atomic E-state index is 12.7. The van der Waals surface area contributed by atoms with Crippen LogP contribution in [0.2, 0.25) is 0 Å². The van der Waals surface area contributed by atoms with Gasteiger partial charge in [0, 0.05) is 44.8 Å². The van der Waals surface area contributed by atoms with E-state index in [0.29, 0.717) is 45.3 Å². The van der Waals surface area contributed by atoms with Gasteiger partial charge in [0.05, 0.1) is 42.6 Å². The number of carbonyl (C=O) groups excluding carboxylic acids is 6. The molecular formula is C44H68N4O11S. The summed E-state index contributed by atoms with van der Waals surface area (Å²) in [4.78, 5) is 70.7. The maximum absolute atomic E-state index is 12.7. The Morgan fingerprint density at radius 2 is 1.77 bits per heavy atom. The van der Waals surface area contributed by atoms with Crippen LogP contribution in [0, 0.1) is 5.92 Å². The van der Waals surface area contributed by atoms with Gasteiger partial charge in [0.2, 0.25) is 29.5 Å². The van der Waals surface area contributed by atoms with E-state index >= 15 is 0 Å². The van der Waals surface area contributed by atoms with Crippen molar-refractivity contribution < 1.29 is 52.8 Å². The van der Waals surface area contributed by atoms with Gasteiger partial charge in [-0.25, -0.2) is 0 Å². The Morgan fingerprint density at radius 3 is 2.40 bits per heavy atom. The van der Waals surface area contributed by atoms with Crippen LogP contribution in [0.4, 0.5) is 0 Å². The molecule has 5 rings (SSSR count). The van der Waals surface area contributed by atoms with Crippen molar-refractivity contribution in [3.8, 4) is 0 Å². The highest BCUT2D eigenvalue weighted by Gasteiger charge is 2.58. The number of aliphatic hydroxyl groups excluding tert-OH is 1. The number of nitrogens with zero attached hydrogens (tertiary/aromatic N) is 1. The molecule has 4 heterocycles. The molecule has 5 aliphatic rings. The molecule has 0 aromatic carbocycles. The van der Waals surface area contributed by atoms with Crippen molar-refractivity contribution in [2.75, 3.05) is 13.2 Å². The van der Waals surface area contributed by atoms with Gasteiger partial charge in [0.15, 0.2) is 0 Å². The summed E-state index contributed by atoms with van der Waals surface area (Å²) in [6.07, 6.45) is 17.3. The summed E-state index contributed by atoms with van der Waals surface area (Å²) in [5.74, 6) is -1.07. The third-order valence-electron chi connectivity index (χ3n) is 11.8. The molecule has 5 fully saturated rings. The van der Waals surface area contributed by atoms with Crippen molar-refractivity contribution in [2.45, 2.75) is 184 Å². The Balaban J connectivity index is 0.000000416. The normalized spacial score (nSPS) is 31.5. The van der Waals surface area contributed by atoms with Gasteiger partial charge in [-0.05, 0) is 71.3 Å². The second-order valence-electron chi connectivity index (χ2n) is 17.1. The predicted octanol–water partition coefficient (Wildman–Crippen LogP) is 3.90. The number of carbonyl (C=O) groups is 6. The number of nitrogens with two attached hydrogens (primary N) is 1. The summed E-state index contributed by atoms with van der Waals surface area (Å²) in [5, 5.41) is 16.7. The van der Waals surface area contributed by atoms with Crippen molar-refractivity contribution >= 4 is 48.1 Å². The molecule has 1 spiro atoms. The Hall–Kier alpha value is -3.57. The summed E-state index contributed by atoms with van der Waals surface area (Å²) in [5.41, 5.74) is 5.39. The molecule has 15 nitrogen and oxygen atoms in total. The molecule has 0 aromatic rings. The van der Waals surface area contributed by atoms with Crippen LogP contribution >= 0.6 is 12.6 Å². The number of ether oxygens (including phenoxy) is 4. The van der Waals surface area contributed by atoms with Gasteiger partial charge in [0.1, 0.15) is 23.9 Å². The molecule has 0 aromatic heterocycles. The van der Waals surface area contributed by atoms with E-state index in [2.05, 4.69) is 36.3 Å². The average Bonchev–Trinajstić information content (AvgIpc) is 3.91. The Labute approximate surface area is 360 Å². The largest absolute Gasteiger partial charge is 0.459 e. The van der Waals surface area contributed by atoms with Crippen LogP contribution in [0.5, 0.6) is 0 Å². The highest BCUT2D eigenvalue weighted by molar-refractivity contribution is 7.81. The quantitative estimate of drug-likeness (QED) is 0.0269. The van der Waals surface area contributed by atoms with Crippen molar-refractivity contribution in [2.24, 2.45) is 11.7 Å². The monoisotopic (exact) mass is 860 g/mol. The first-order valence-electron chi connectivity index (χ1n) is 21.7. The van der Waals surface area contributed by atoms with Gasteiger partial charge in [-0.2, -0.15) is 12.6 Å². The summed E-state index contributed by atoms with van der Waals surface area (Å²) in [7, 11) is 0. The molecule has 336 valence electrons. The lowest BCUT2D eigenvalue weighted by molar-refractivity contribution is -0.146. The van der Waals surface area contributed by atoms with E-state index in [9.17, 15) is 33.9 Å². The number of aliphatic hydroxyl groups is 1. The topological polar surface area (TPSA) is 216 Å². The lowest BCUT2D eigenvalue weighted by Gasteiger charge is -2.39. The standard InChI is InChI=1S/C34H52N2O8.C10H16N2O3S/c1-21(11-14-29-22(2)17-28(24(4)43-29)36-31(38)16-13-23(3)42-25(5)37)12-15-30-33(40)34(20-41-34)19-27(44-30)18-32(39)35-26-9-7-6-8-10-26;11-8(13)4-2-1-3-5-12-9(14)6-7(16)10(12)15/h11-13,15-16,22-24,26-30,33,40H,6-10,14,17-20H2,1-5H3,(H,35,39)(H,36,38);7,16H,1-6H2,(H2,11,13)/b15-12+,16-13-,21-11+;/t22?,23?,24?,27-,28?,29?,30?,33-,34?;/m1./s1. The maximum Gasteiger partial charge on any atom is 0.303 e. The van der Waals surface area contributed by atoms with E-state index in [1.54, 1.807) is 13.0 Å². The highest BCUT2D eigenvalue weighted by Crippen LogP contribution is 2.43. The predicted molar refractivity (Wildman–Crippen MR) is 227 cm³/mol. The first-order valence-corrected chi connectivity index (χ1v) is 22.2. The third-order valence-corrected chi connectivity index (χ3v) is 12.2. The number of likely N-dealkylation sites (tertiary alicyclic amines) is 1. The van der Waals surface area contributed by atoms with Crippen molar-refractivity contribution in [1.82, 2.24) is 15.5 Å². The first-order chi connectivity index (χ1) is 28.5. The van der Waals surface area contributed by atoms with Crippen LogP contribution in [0.1, 0.15) is 125 Å². The van der Waals surface area contributed by atoms with Crippen LogP contribution in [0.15, 0.2) is 36.0 Å². The van der Waals surface area contributed by atoms with E-state index in [1.165, 1.54) is 24.3 Å². The number of hydrogen-bond acceptors (Lipinski definition) is 12. The molecule has 1 saturated carbocycles. The molecular weight excluding hydrogens is 793 g/mol. The van der Waals surface area contributed by atoms with Gasteiger partial charge in [-0.3, -0.25) is 33.7 Å². The minimum Gasteiger partial charge on any atom is -0.459 e. The smallest absolute Gasteiger partial charge is 0.303 e. The number of thiol groups is 1. The first kappa shape index (κ1) is 49.1. The van der Waals surface area contributed by atoms with Crippen LogP contribution < -0.4 is 16.4 Å². The number of esters is 1. The lowest BCUT2D eigenvalue weighted by Crippen LogP contribution is -2.51. The minimum atomic E-state index is -0.779. The molecule has 5 N–H and O–H groups in total. The Morgan fingerprint density at radius 1 is 1.05 bits per heavy atom. The molecule has 5 amide bonds. The van der Waals surface area contributed by atoms with Crippen LogP contribution in [-0.2, 0) is 47.7 Å². The molecule has 1 aliphatic carbocycles. The fraction of sp³-hybridized carbons (Fsp3) is 0.727. The zero-order chi connectivity index (χ0) is 44.0. The minimum absolute atomic E-state index is 0.00717. The van der Waals surface area contributed by atoms with E-state index in [1.807, 2.05) is 26.0 Å². The van der Waals surface area contributed by atoms with Gasteiger partial charge in [-0.15, -0.1) is 0 Å². The number of nitrogens with one attached hydrogen (secondary N) is 2. The fourth-order valence-electron chi connectivity index (χ4n) is 8.27. The summed E-state index contributed by atoms with van der Waals surface area (Å²) >= 11 is 4.02. The molecule has 0 bridgehead atoms. The van der Waals surface area contributed by atoms with Gasteiger partial charge < -0.3 is 40.4 Å². The number of rotatable bonds is 17. The van der Waals surface area contributed by atoms with E-state index in [4.69, 9.17) is 24.7 Å². The zero-order valence-corrected chi connectivity index (χ0v) is 36.9. The Bertz CT molecular complexity index is 1590. The molecule has 0 radical (unpaired) electrons. The number of unbranched alkanes of at least 4 members (excludes halogenated alkanes) is 2. The zero-order valence-electron chi connectivity index (χ0n) is 36.0. The lowest BCUT2D eigenvalue weighted by atomic mass is 9.87. The van der Waals surface area contributed by atoms with Gasteiger partial charge >= 0.3 is 5.97 Å². The number of imide groups is 1.